The van der Waals surface area contributed by atoms with Crippen LogP contribution in [0.5, 0.6) is 5.75 Å². The molecule has 0 heterocycles. The Morgan fingerprint density at radius 1 is 1.11 bits per heavy atom. The fourth-order valence-electron chi connectivity index (χ4n) is 1.52. The average molecular weight is 270 g/mol. The van der Waals surface area contributed by atoms with Crippen LogP contribution in [0.25, 0.3) is 0 Å². The highest BCUT2D eigenvalue weighted by atomic mass is 35.5. The molecule has 0 spiro atoms. The Kier molecular flexibility index (Phi) is 3.67. The minimum atomic E-state index is -0.684. The summed E-state index contributed by atoms with van der Waals surface area (Å²) >= 11 is 5.79. The van der Waals surface area contributed by atoms with Gasteiger partial charge in [0.1, 0.15) is 17.4 Å². The van der Waals surface area contributed by atoms with Crippen molar-refractivity contribution in [2.45, 2.75) is 6.54 Å². The summed E-state index contributed by atoms with van der Waals surface area (Å²) in [6.45, 7) is 0.189. The second-order valence-corrected chi connectivity index (χ2v) is 4.19. The molecule has 0 aliphatic carbocycles. The third kappa shape index (κ3) is 2.90. The van der Waals surface area contributed by atoms with Crippen molar-refractivity contribution in [1.82, 2.24) is 0 Å². The molecule has 0 saturated heterocycles. The molecule has 0 aromatic heterocycles. The average Bonchev–Trinajstić information content (AvgIpc) is 2.32. The van der Waals surface area contributed by atoms with Crippen LogP contribution in [0.2, 0.25) is 5.02 Å². The van der Waals surface area contributed by atoms with Gasteiger partial charge in [0.25, 0.3) is 0 Å². The van der Waals surface area contributed by atoms with Gasteiger partial charge in [-0.25, -0.2) is 8.78 Å². The Balaban J connectivity index is 2.13. The summed E-state index contributed by atoms with van der Waals surface area (Å²) in [4.78, 5) is 0. The minimum absolute atomic E-state index is 0.0643. The lowest BCUT2D eigenvalue weighted by Crippen LogP contribution is -2.02. The van der Waals surface area contributed by atoms with E-state index in [2.05, 4.69) is 5.32 Å². The van der Waals surface area contributed by atoms with Crippen molar-refractivity contribution in [3.05, 3.63) is 58.6 Å². The lowest BCUT2D eigenvalue weighted by Gasteiger charge is -2.09. The maximum absolute atomic E-state index is 13.3. The molecule has 0 atom stereocenters. The van der Waals surface area contributed by atoms with Gasteiger partial charge in [-0.1, -0.05) is 11.6 Å². The lowest BCUT2D eigenvalue weighted by molar-refractivity contribution is 0.469. The normalized spacial score (nSPS) is 10.4. The minimum Gasteiger partial charge on any atom is -0.508 e. The van der Waals surface area contributed by atoms with Gasteiger partial charge in [-0.2, -0.15) is 0 Å². The van der Waals surface area contributed by atoms with Crippen LogP contribution in [0.4, 0.5) is 14.5 Å². The number of phenolic OH excluding ortho intramolecular Hbond substituents is 1. The molecule has 0 fully saturated rings. The van der Waals surface area contributed by atoms with E-state index in [1.165, 1.54) is 12.1 Å². The van der Waals surface area contributed by atoms with E-state index >= 15 is 0 Å². The fourth-order valence-corrected chi connectivity index (χ4v) is 1.71. The maximum Gasteiger partial charge on any atom is 0.149 e. The van der Waals surface area contributed by atoms with Gasteiger partial charge in [0.2, 0.25) is 0 Å². The zero-order chi connectivity index (χ0) is 13.1. The molecule has 0 aliphatic heterocycles. The van der Waals surface area contributed by atoms with Crippen molar-refractivity contribution < 1.29 is 13.9 Å². The van der Waals surface area contributed by atoms with Gasteiger partial charge < -0.3 is 10.4 Å². The number of phenols is 1. The van der Waals surface area contributed by atoms with Crippen molar-refractivity contribution >= 4 is 17.3 Å². The molecule has 2 aromatic carbocycles. The van der Waals surface area contributed by atoms with Crippen molar-refractivity contribution in [2.75, 3.05) is 5.32 Å². The summed E-state index contributed by atoms with van der Waals surface area (Å²) < 4.78 is 26.0. The number of hydrogen-bond donors (Lipinski definition) is 2. The summed E-state index contributed by atoms with van der Waals surface area (Å²) in [5.41, 5.74) is 0.696. The first-order valence-electron chi connectivity index (χ1n) is 5.22. The molecule has 2 N–H and O–H groups in total. The highest BCUT2D eigenvalue weighted by Gasteiger charge is 2.06. The molecular formula is C13H10ClF2NO. The number of rotatable bonds is 3. The van der Waals surface area contributed by atoms with Crippen molar-refractivity contribution in [3.63, 3.8) is 0 Å². The SMILES string of the molecule is Oc1ccc(Cl)cc1CNc1ccc(F)cc1F. The Morgan fingerprint density at radius 2 is 1.89 bits per heavy atom. The lowest BCUT2D eigenvalue weighted by atomic mass is 10.2. The number of anilines is 1. The van der Waals surface area contributed by atoms with Crippen molar-refractivity contribution in [2.24, 2.45) is 0 Å². The van der Waals surface area contributed by atoms with Crippen LogP contribution in [0.15, 0.2) is 36.4 Å². The smallest absolute Gasteiger partial charge is 0.149 e. The molecule has 0 saturated carbocycles. The monoisotopic (exact) mass is 269 g/mol. The Labute approximate surface area is 108 Å². The predicted molar refractivity (Wildman–Crippen MR) is 66.8 cm³/mol. The van der Waals surface area contributed by atoms with Gasteiger partial charge in [0.05, 0.1) is 5.69 Å². The maximum atomic E-state index is 13.3. The zero-order valence-electron chi connectivity index (χ0n) is 9.25. The van der Waals surface area contributed by atoms with E-state index in [0.717, 1.165) is 12.1 Å². The van der Waals surface area contributed by atoms with Gasteiger partial charge in [0, 0.05) is 23.2 Å². The Hall–Kier alpha value is -1.81. The Bertz CT molecular complexity index is 575. The highest BCUT2D eigenvalue weighted by molar-refractivity contribution is 6.30. The highest BCUT2D eigenvalue weighted by Crippen LogP contribution is 2.23. The van der Waals surface area contributed by atoms with Gasteiger partial charge in [-0.15, -0.1) is 0 Å². The number of nitrogens with one attached hydrogen (secondary N) is 1. The largest absolute Gasteiger partial charge is 0.508 e. The molecule has 0 aliphatic rings. The topological polar surface area (TPSA) is 32.3 Å². The van der Waals surface area contributed by atoms with Gasteiger partial charge in [-0.3, -0.25) is 0 Å². The first-order chi connectivity index (χ1) is 8.56. The van der Waals surface area contributed by atoms with Crippen molar-refractivity contribution in [3.8, 4) is 5.75 Å². The van der Waals surface area contributed by atoms with E-state index in [1.807, 2.05) is 0 Å². The quantitative estimate of drug-likeness (QED) is 0.885. The first-order valence-corrected chi connectivity index (χ1v) is 5.60. The second-order valence-electron chi connectivity index (χ2n) is 3.75. The van der Waals surface area contributed by atoms with Crippen LogP contribution in [0.1, 0.15) is 5.56 Å². The van der Waals surface area contributed by atoms with Crippen LogP contribution in [0, 0.1) is 11.6 Å². The summed E-state index contributed by atoms with van der Waals surface area (Å²) in [6, 6.07) is 7.83. The number of benzene rings is 2. The number of halogens is 3. The fraction of sp³-hybridized carbons (Fsp3) is 0.0769. The molecule has 0 bridgehead atoms. The van der Waals surface area contributed by atoms with Crippen LogP contribution >= 0.6 is 11.6 Å². The van der Waals surface area contributed by atoms with Crippen molar-refractivity contribution in [1.29, 1.82) is 0 Å². The van der Waals surface area contributed by atoms with E-state index in [-0.39, 0.29) is 18.0 Å². The van der Waals surface area contributed by atoms with Crippen LogP contribution < -0.4 is 5.32 Å². The number of hydrogen-bond acceptors (Lipinski definition) is 2. The molecule has 0 amide bonds. The molecule has 2 nitrogen and oxygen atoms in total. The molecule has 2 aromatic rings. The summed E-state index contributed by atoms with van der Waals surface area (Å²) in [6.07, 6.45) is 0. The molecule has 2 rings (SSSR count). The molecule has 94 valence electrons. The molecule has 18 heavy (non-hydrogen) atoms. The molecule has 0 radical (unpaired) electrons. The summed E-state index contributed by atoms with van der Waals surface area (Å²) in [5, 5.41) is 12.8. The Morgan fingerprint density at radius 3 is 2.61 bits per heavy atom. The molecular weight excluding hydrogens is 260 g/mol. The van der Waals surface area contributed by atoms with Crippen LogP contribution in [0.3, 0.4) is 0 Å². The predicted octanol–water partition coefficient (Wildman–Crippen LogP) is 3.94. The van der Waals surface area contributed by atoms with E-state index in [0.29, 0.717) is 10.6 Å². The van der Waals surface area contributed by atoms with E-state index in [9.17, 15) is 13.9 Å². The molecule has 0 unspecified atom stereocenters. The second kappa shape index (κ2) is 5.23. The zero-order valence-corrected chi connectivity index (χ0v) is 10.0. The number of aromatic hydroxyl groups is 1. The van der Waals surface area contributed by atoms with E-state index in [4.69, 9.17) is 11.6 Å². The van der Waals surface area contributed by atoms with Gasteiger partial charge in [0.15, 0.2) is 0 Å². The van der Waals surface area contributed by atoms with E-state index in [1.54, 1.807) is 12.1 Å². The first kappa shape index (κ1) is 12.6. The summed E-state index contributed by atoms with van der Waals surface area (Å²) in [5.74, 6) is -1.26. The van der Waals surface area contributed by atoms with Crippen LogP contribution in [-0.2, 0) is 6.54 Å². The van der Waals surface area contributed by atoms with E-state index < -0.39 is 11.6 Å². The van der Waals surface area contributed by atoms with Gasteiger partial charge >= 0.3 is 0 Å². The molecule has 5 heteroatoms. The third-order valence-corrected chi connectivity index (χ3v) is 2.68. The van der Waals surface area contributed by atoms with Crippen LogP contribution in [-0.4, -0.2) is 5.11 Å². The third-order valence-electron chi connectivity index (χ3n) is 2.44. The van der Waals surface area contributed by atoms with Gasteiger partial charge in [-0.05, 0) is 30.3 Å². The summed E-state index contributed by atoms with van der Waals surface area (Å²) in [7, 11) is 0. The standard InChI is InChI=1S/C13H10ClF2NO/c14-9-1-4-13(18)8(5-9)7-17-12-3-2-10(15)6-11(12)16/h1-6,17-18H,7H2.